The van der Waals surface area contributed by atoms with Crippen LogP contribution >= 0.6 is 0 Å². The van der Waals surface area contributed by atoms with E-state index in [1.807, 2.05) is 4.90 Å². The fraction of sp³-hybridized carbons (Fsp3) is 0.412. The lowest BCUT2D eigenvalue weighted by Gasteiger charge is -2.35. The molecule has 3 rings (SSSR count). The van der Waals surface area contributed by atoms with Gasteiger partial charge in [-0.15, -0.1) is 0 Å². The van der Waals surface area contributed by atoms with E-state index in [4.69, 9.17) is 5.73 Å². The predicted octanol–water partition coefficient (Wildman–Crippen LogP) is -0.839. The summed E-state index contributed by atoms with van der Waals surface area (Å²) in [5.74, 6) is 0.111. The number of aromatic nitrogens is 3. The molecule has 1 saturated heterocycles. The van der Waals surface area contributed by atoms with Crippen molar-refractivity contribution >= 4 is 11.7 Å². The van der Waals surface area contributed by atoms with E-state index < -0.39 is 5.91 Å². The summed E-state index contributed by atoms with van der Waals surface area (Å²) >= 11 is 0. The molecular weight excluding hydrogens is 336 g/mol. The number of hydrogen-bond donors (Lipinski definition) is 2. The van der Waals surface area contributed by atoms with Crippen molar-refractivity contribution in [1.82, 2.24) is 19.4 Å². The normalized spacial score (nSPS) is 15.2. The van der Waals surface area contributed by atoms with Gasteiger partial charge in [0.1, 0.15) is 5.82 Å². The molecule has 2 aromatic heterocycles. The second kappa shape index (κ2) is 7.52. The van der Waals surface area contributed by atoms with Crippen LogP contribution < -0.4 is 21.9 Å². The Morgan fingerprint density at radius 3 is 2.62 bits per heavy atom. The van der Waals surface area contributed by atoms with Crippen LogP contribution in [-0.2, 0) is 6.54 Å². The first-order chi connectivity index (χ1) is 12.5. The van der Waals surface area contributed by atoms with E-state index in [2.05, 4.69) is 14.9 Å². The summed E-state index contributed by atoms with van der Waals surface area (Å²) in [7, 11) is 0. The third-order valence-corrected chi connectivity index (χ3v) is 4.52. The Balaban J connectivity index is 1.61. The first kappa shape index (κ1) is 17.9. The highest BCUT2D eigenvalue weighted by molar-refractivity contribution is 5.97. The third kappa shape index (κ3) is 3.83. The number of H-pyrrole nitrogens is 1. The smallest absolute Gasteiger partial charge is 0.328 e. The Morgan fingerprint density at radius 1 is 1.23 bits per heavy atom. The summed E-state index contributed by atoms with van der Waals surface area (Å²) in [6.07, 6.45) is 1.64. The van der Waals surface area contributed by atoms with Crippen molar-refractivity contribution in [2.75, 3.05) is 37.6 Å². The minimum atomic E-state index is -0.492. The van der Waals surface area contributed by atoms with Gasteiger partial charge < -0.3 is 15.6 Å². The molecule has 0 bridgehead atoms. The number of amides is 1. The summed E-state index contributed by atoms with van der Waals surface area (Å²) in [6.45, 7) is 5.49. The number of aryl methyl sites for hydroxylation is 1. The molecule has 3 N–H and O–H groups in total. The number of carbonyl (C=O) groups is 1. The predicted molar refractivity (Wildman–Crippen MR) is 97.5 cm³/mol. The van der Waals surface area contributed by atoms with Gasteiger partial charge in [-0.3, -0.25) is 19.1 Å². The number of nitrogens with one attached hydrogen (secondary N) is 1. The summed E-state index contributed by atoms with van der Waals surface area (Å²) in [4.78, 5) is 46.5. The van der Waals surface area contributed by atoms with Crippen molar-refractivity contribution in [3.8, 4) is 0 Å². The van der Waals surface area contributed by atoms with Gasteiger partial charge in [-0.1, -0.05) is 0 Å². The Kier molecular flexibility index (Phi) is 5.17. The van der Waals surface area contributed by atoms with Crippen molar-refractivity contribution in [2.45, 2.75) is 13.5 Å². The van der Waals surface area contributed by atoms with E-state index >= 15 is 0 Å². The lowest BCUT2D eigenvalue weighted by atomic mass is 10.2. The maximum Gasteiger partial charge on any atom is 0.328 e. The molecule has 1 aliphatic rings. The van der Waals surface area contributed by atoms with Crippen molar-refractivity contribution in [2.24, 2.45) is 5.73 Å². The van der Waals surface area contributed by atoms with Crippen LogP contribution in [0.2, 0.25) is 0 Å². The number of anilines is 1. The number of nitrogens with zero attached hydrogens (tertiary/aromatic N) is 4. The minimum absolute atomic E-state index is 0.288. The molecule has 0 aromatic carbocycles. The number of rotatable bonds is 5. The molecule has 0 radical (unpaired) electrons. The van der Waals surface area contributed by atoms with Crippen molar-refractivity contribution < 1.29 is 4.79 Å². The van der Waals surface area contributed by atoms with Gasteiger partial charge in [0.25, 0.3) is 11.5 Å². The Bertz CT molecular complexity index is 880. The summed E-state index contributed by atoms with van der Waals surface area (Å²) < 4.78 is 1.21. The van der Waals surface area contributed by atoms with Gasteiger partial charge in [0, 0.05) is 57.2 Å². The molecule has 3 heterocycles. The van der Waals surface area contributed by atoms with Crippen molar-refractivity contribution in [3.05, 3.63) is 56.5 Å². The molecule has 2 aromatic rings. The molecule has 0 unspecified atom stereocenters. The topological polar surface area (TPSA) is 117 Å². The standard InChI is InChI=1S/C17H22N6O3/c1-12-11-14(24)23(17(26)20-12)10-7-21-5-8-22(9-6-21)16-13(15(18)25)3-2-4-19-16/h2-4,11H,5-10H2,1H3,(H2,18,25)(H,20,26). The molecule has 1 aliphatic heterocycles. The lowest BCUT2D eigenvalue weighted by Crippen LogP contribution is -2.49. The lowest BCUT2D eigenvalue weighted by molar-refractivity contribution is 0.1000. The number of aromatic amines is 1. The molecule has 9 nitrogen and oxygen atoms in total. The average Bonchev–Trinajstić information content (AvgIpc) is 2.61. The molecule has 26 heavy (non-hydrogen) atoms. The van der Waals surface area contributed by atoms with Crippen LogP contribution in [0.4, 0.5) is 5.82 Å². The summed E-state index contributed by atoms with van der Waals surface area (Å²) in [5.41, 5.74) is 5.73. The molecule has 1 fully saturated rings. The quantitative estimate of drug-likeness (QED) is 0.720. The highest BCUT2D eigenvalue weighted by Gasteiger charge is 2.21. The van der Waals surface area contributed by atoms with Crippen molar-refractivity contribution in [3.63, 3.8) is 0 Å². The van der Waals surface area contributed by atoms with Gasteiger partial charge in [-0.2, -0.15) is 0 Å². The summed E-state index contributed by atoms with van der Waals surface area (Å²) in [6, 6.07) is 4.79. The molecule has 0 atom stereocenters. The number of carbonyl (C=O) groups excluding carboxylic acids is 1. The Labute approximate surface area is 150 Å². The van der Waals surface area contributed by atoms with Crippen LogP contribution in [0.25, 0.3) is 0 Å². The number of pyridine rings is 1. The highest BCUT2D eigenvalue weighted by atomic mass is 16.2. The number of piperazine rings is 1. The molecule has 0 aliphatic carbocycles. The first-order valence-corrected chi connectivity index (χ1v) is 8.48. The van der Waals surface area contributed by atoms with E-state index in [1.54, 1.807) is 25.3 Å². The highest BCUT2D eigenvalue weighted by Crippen LogP contribution is 2.18. The van der Waals surface area contributed by atoms with E-state index in [0.29, 0.717) is 43.3 Å². The zero-order valence-electron chi connectivity index (χ0n) is 14.6. The maximum absolute atomic E-state index is 11.9. The third-order valence-electron chi connectivity index (χ3n) is 4.52. The van der Waals surface area contributed by atoms with Gasteiger partial charge in [-0.05, 0) is 19.1 Å². The Morgan fingerprint density at radius 2 is 1.96 bits per heavy atom. The molecular formula is C17H22N6O3. The second-order valence-electron chi connectivity index (χ2n) is 6.31. The van der Waals surface area contributed by atoms with Gasteiger partial charge in [-0.25, -0.2) is 9.78 Å². The van der Waals surface area contributed by atoms with Gasteiger partial charge in [0.05, 0.1) is 5.56 Å². The van der Waals surface area contributed by atoms with Crippen molar-refractivity contribution in [1.29, 1.82) is 0 Å². The zero-order chi connectivity index (χ0) is 18.7. The second-order valence-corrected chi connectivity index (χ2v) is 6.31. The molecule has 1 amide bonds. The fourth-order valence-electron chi connectivity index (χ4n) is 3.11. The van der Waals surface area contributed by atoms with Gasteiger partial charge in [0.2, 0.25) is 0 Å². The molecule has 9 heteroatoms. The average molecular weight is 358 g/mol. The largest absolute Gasteiger partial charge is 0.365 e. The number of nitrogens with two attached hydrogens (primary N) is 1. The summed E-state index contributed by atoms with van der Waals surface area (Å²) in [5, 5.41) is 0. The molecule has 138 valence electrons. The van der Waals surface area contributed by atoms with Crippen LogP contribution in [0.3, 0.4) is 0 Å². The monoisotopic (exact) mass is 358 g/mol. The Hall–Kier alpha value is -2.94. The fourth-order valence-corrected chi connectivity index (χ4v) is 3.11. The van der Waals surface area contributed by atoms with E-state index in [-0.39, 0.29) is 11.2 Å². The maximum atomic E-state index is 11.9. The first-order valence-electron chi connectivity index (χ1n) is 8.48. The van der Waals surface area contributed by atoms with E-state index in [1.165, 1.54) is 10.6 Å². The SMILES string of the molecule is Cc1cc(=O)n(CCN2CCN(c3ncccc3C(N)=O)CC2)c(=O)[nH]1. The van der Waals surface area contributed by atoms with Crippen LogP contribution in [0.1, 0.15) is 16.1 Å². The zero-order valence-corrected chi connectivity index (χ0v) is 14.6. The van der Waals surface area contributed by atoms with Crippen LogP contribution in [0.5, 0.6) is 0 Å². The van der Waals surface area contributed by atoms with Gasteiger partial charge >= 0.3 is 5.69 Å². The van der Waals surface area contributed by atoms with E-state index in [0.717, 1.165) is 13.1 Å². The minimum Gasteiger partial charge on any atom is -0.365 e. The molecule has 0 spiro atoms. The van der Waals surface area contributed by atoms with Crippen LogP contribution in [0.15, 0.2) is 34.0 Å². The van der Waals surface area contributed by atoms with E-state index in [9.17, 15) is 14.4 Å². The number of primary amides is 1. The molecule has 0 saturated carbocycles. The number of hydrogen-bond acceptors (Lipinski definition) is 6. The van der Waals surface area contributed by atoms with Crippen LogP contribution in [-0.4, -0.2) is 58.1 Å². The van der Waals surface area contributed by atoms with Crippen LogP contribution in [0, 0.1) is 6.92 Å². The van der Waals surface area contributed by atoms with Gasteiger partial charge in [0.15, 0.2) is 0 Å².